The third-order valence-corrected chi connectivity index (χ3v) is 4.64. The molecule has 4 heteroatoms. The van der Waals surface area contributed by atoms with Crippen molar-refractivity contribution in [2.45, 2.75) is 58.3 Å². The van der Waals surface area contributed by atoms with Crippen LogP contribution in [0.2, 0.25) is 0 Å². The average molecular weight is 326 g/mol. The summed E-state index contributed by atoms with van der Waals surface area (Å²) in [6, 6.07) is 0.129. The third-order valence-electron chi connectivity index (χ3n) is 3.80. The van der Waals surface area contributed by atoms with Crippen LogP contribution < -0.4 is 15.2 Å². The van der Waals surface area contributed by atoms with Crippen LogP contribution in [0.5, 0.6) is 11.5 Å². The zero-order valence-electron chi connectivity index (χ0n) is 11.6. The Morgan fingerprint density at radius 3 is 2.37 bits per heavy atom. The topological polar surface area (TPSA) is 44.5 Å². The zero-order valence-corrected chi connectivity index (χ0v) is 13.2. The summed E-state index contributed by atoms with van der Waals surface area (Å²) in [5.74, 6) is 2.06. The van der Waals surface area contributed by atoms with Crippen molar-refractivity contribution in [2.24, 2.45) is 5.73 Å². The molecule has 0 bridgehead atoms. The molecule has 2 N–H and O–H groups in total. The first kappa shape index (κ1) is 13.3. The molecule has 3 atom stereocenters. The fraction of sp³-hybridized carbons (Fsp3) is 0.600. The van der Waals surface area contributed by atoms with E-state index in [1.165, 1.54) is 16.7 Å². The predicted molar refractivity (Wildman–Crippen MR) is 79.1 cm³/mol. The lowest BCUT2D eigenvalue weighted by molar-refractivity contribution is 0.251. The molecule has 19 heavy (non-hydrogen) atoms. The van der Waals surface area contributed by atoms with Crippen LogP contribution in [0.4, 0.5) is 0 Å². The molecule has 0 amide bonds. The molecule has 3 rings (SSSR count). The van der Waals surface area contributed by atoms with E-state index in [-0.39, 0.29) is 18.2 Å². The maximum absolute atomic E-state index is 6.04. The highest BCUT2D eigenvalue weighted by Gasteiger charge is 2.34. The Hall–Kier alpha value is -0.740. The van der Waals surface area contributed by atoms with Gasteiger partial charge in [-0.2, -0.15) is 0 Å². The van der Waals surface area contributed by atoms with Crippen LogP contribution in [0.1, 0.15) is 37.5 Å². The number of hydrogen-bond donors (Lipinski definition) is 1. The van der Waals surface area contributed by atoms with Crippen molar-refractivity contribution in [3.05, 3.63) is 21.2 Å². The number of rotatable bonds is 2. The van der Waals surface area contributed by atoms with Gasteiger partial charge in [-0.3, -0.25) is 0 Å². The van der Waals surface area contributed by atoms with Gasteiger partial charge in [-0.15, -0.1) is 0 Å². The molecule has 0 saturated heterocycles. The lowest BCUT2D eigenvalue weighted by atomic mass is 9.94. The van der Waals surface area contributed by atoms with E-state index in [2.05, 4.69) is 29.8 Å². The zero-order chi connectivity index (χ0) is 13.7. The van der Waals surface area contributed by atoms with Gasteiger partial charge in [0.2, 0.25) is 0 Å². The van der Waals surface area contributed by atoms with Crippen LogP contribution in [0.15, 0.2) is 4.47 Å². The molecule has 0 fully saturated rings. The first-order chi connectivity index (χ1) is 8.97. The molecular weight excluding hydrogens is 306 g/mol. The van der Waals surface area contributed by atoms with Gasteiger partial charge in [0.05, 0.1) is 4.47 Å². The van der Waals surface area contributed by atoms with E-state index < -0.39 is 0 Å². The van der Waals surface area contributed by atoms with Crippen LogP contribution in [-0.4, -0.2) is 18.2 Å². The molecule has 3 nitrogen and oxygen atoms in total. The summed E-state index contributed by atoms with van der Waals surface area (Å²) in [4.78, 5) is 0. The van der Waals surface area contributed by atoms with E-state index in [0.29, 0.717) is 0 Å². The van der Waals surface area contributed by atoms with Crippen molar-refractivity contribution in [2.75, 3.05) is 0 Å². The summed E-state index contributed by atoms with van der Waals surface area (Å²) in [7, 11) is 0. The van der Waals surface area contributed by atoms with Crippen molar-refractivity contribution < 1.29 is 9.47 Å². The van der Waals surface area contributed by atoms with E-state index in [0.717, 1.165) is 35.2 Å². The number of nitrogens with two attached hydrogens (primary N) is 1. The first-order valence-corrected chi connectivity index (χ1v) is 7.71. The summed E-state index contributed by atoms with van der Waals surface area (Å²) in [5, 5.41) is 0. The number of benzene rings is 1. The Morgan fingerprint density at radius 2 is 1.74 bits per heavy atom. The fourth-order valence-corrected chi connectivity index (χ4v) is 3.76. The van der Waals surface area contributed by atoms with Crippen molar-refractivity contribution >= 4 is 15.9 Å². The summed E-state index contributed by atoms with van der Waals surface area (Å²) >= 11 is 3.70. The highest BCUT2D eigenvalue weighted by molar-refractivity contribution is 9.10. The van der Waals surface area contributed by atoms with E-state index in [4.69, 9.17) is 15.2 Å². The van der Waals surface area contributed by atoms with Gasteiger partial charge in [-0.25, -0.2) is 0 Å². The predicted octanol–water partition coefficient (Wildman–Crippen LogP) is 2.99. The van der Waals surface area contributed by atoms with Crippen LogP contribution in [0.25, 0.3) is 0 Å². The second-order valence-electron chi connectivity index (χ2n) is 5.85. The van der Waals surface area contributed by atoms with Crippen LogP contribution in [0, 0.1) is 0 Å². The lowest BCUT2D eigenvalue weighted by Crippen LogP contribution is -2.19. The largest absolute Gasteiger partial charge is 0.490 e. The molecule has 0 saturated carbocycles. The molecule has 0 spiro atoms. The van der Waals surface area contributed by atoms with Gasteiger partial charge in [0.1, 0.15) is 23.7 Å². The fourth-order valence-electron chi connectivity index (χ4n) is 3.09. The Bertz CT molecular complexity index is 488. The van der Waals surface area contributed by atoms with Gasteiger partial charge in [-0.1, -0.05) is 0 Å². The molecule has 2 aliphatic heterocycles. The van der Waals surface area contributed by atoms with Crippen LogP contribution >= 0.6 is 15.9 Å². The lowest BCUT2D eigenvalue weighted by Gasteiger charge is -2.16. The number of ether oxygens (including phenoxy) is 2. The molecule has 1 aromatic rings. The molecule has 1 aromatic carbocycles. The van der Waals surface area contributed by atoms with Crippen molar-refractivity contribution in [1.29, 1.82) is 0 Å². The molecule has 0 aliphatic carbocycles. The molecule has 2 heterocycles. The van der Waals surface area contributed by atoms with Gasteiger partial charge >= 0.3 is 0 Å². The highest BCUT2D eigenvalue weighted by Crippen LogP contribution is 2.49. The molecule has 2 aliphatic rings. The van der Waals surface area contributed by atoms with Crippen LogP contribution in [-0.2, 0) is 19.3 Å². The number of hydrogen-bond acceptors (Lipinski definition) is 3. The first-order valence-electron chi connectivity index (χ1n) is 6.92. The maximum atomic E-state index is 6.04. The van der Waals surface area contributed by atoms with Gasteiger partial charge < -0.3 is 15.2 Å². The quantitative estimate of drug-likeness (QED) is 0.909. The molecule has 104 valence electrons. The van der Waals surface area contributed by atoms with Gasteiger partial charge in [0.15, 0.2) is 0 Å². The standard InChI is InChI=1S/C15H20BrNO2/c1-7(17)4-10-11-5-8(2)19-15(11)13(16)12-6-9(3)18-14(10)12/h7-9H,4-6,17H2,1-3H3. The normalized spacial score (nSPS) is 25.5. The third kappa shape index (κ3) is 2.15. The second kappa shape index (κ2) is 4.67. The Balaban J connectivity index is 2.17. The van der Waals surface area contributed by atoms with Crippen molar-refractivity contribution in [1.82, 2.24) is 0 Å². The Morgan fingerprint density at radius 1 is 1.16 bits per heavy atom. The van der Waals surface area contributed by atoms with Crippen molar-refractivity contribution in [3.63, 3.8) is 0 Å². The van der Waals surface area contributed by atoms with Gasteiger partial charge in [0.25, 0.3) is 0 Å². The van der Waals surface area contributed by atoms with E-state index in [1.807, 2.05) is 6.92 Å². The summed E-state index contributed by atoms with van der Waals surface area (Å²) < 4.78 is 13.1. The average Bonchev–Trinajstić information content (AvgIpc) is 2.87. The van der Waals surface area contributed by atoms with Crippen molar-refractivity contribution in [3.8, 4) is 11.5 Å². The number of fused-ring (bicyclic) bond motifs is 2. The molecule has 0 radical (unpaired) electrons. The summed E-state index contributed by atoms with van der Waals surface area (Å²) in [5.41, 5.74) is 9.80. The second-order valence-corrected chi connectivity index (χ2v) is 6.65. The highest BCUT2D eigenvalue weighted by atomic mass is 79.9. The minimum Gasteiger partial charge on any atom is -0.490 e. The molecule has 3 unspecified atom stereocenters. The van der Waals surface area contributed by atoms with E-state index >= 15 is 0 Å². The Kier molecular flexibility index (Phi) is 3.26. The molecule has 0 aromatic heterocycles. The Labute approximate surface area is 122 Å². The minimum absolute atomic E-state index is 0.129. The van der Waals surface area contributed by atoms with Gasteiger partial charge in [-0.05, 0) is 43.1 Å². The monoisotopic (exact) mass is 325 g/mol. The number of halogens is 1. The molecular formula is C15H20BrNO2. The minimum atomic E-state index is 0.129. The summed E-state index contributed by atoms with van der Waals surface area (Å²) in [6.07, 6.45) is 3.20. The van der Waals surface area contributed by atoms with E-state index in [9.17, 15) is 0 Å². The van der Waals surface area contributed by atoms with E-state index in [1.54, 1.807) is 0 Å². The van der Waals surface area contributed by atoms with Crippen LogP contribution in [0.3, 0.4) is 0 Å². The summed E-state index contributed by atoms with van der Waals surface area (Å²) in [6.45, 7) is 6.26. The van der Waals surface area contributed by atoms with Gasteiger partial charge in [0, 0.05) is 35.6 Å². The maximum Gasteiger partial charge on any atom is 0.138 e. The SMILES string of the molecule is CC(N)Cc1c2c(c(Br)c3c1OC(C)C3)OC(C)C2. The smallest absolute Gasteiger partial charge is 0.138 e.